The highest BCUT2D eigenvalue weighted by atomic mass is 32.2. The van der Waals surface area contributed by atoms with E-state index >= 15 is 0 Å². The number of hydrogen-bond acceptors (Lipinski definition) is 5. The van der Waals surface area contributed by atoms with Crippen LogP contribution >= 0.6 is 0 Å². The molecule has 29 heavy (non-hydrogen) atoms. The summed E-state index contributed by atoms with van der Waals surface area (Å²) in [6, 6.07) is 19.0. The summed E-state index contributed by atoms with van der Waals surface area (Å²) < 4.78 is 33.0. The van der Waals surface area contributed by atoms with Crippen molar-refractivity contribution >= 4 is 21.6 Å². The zero-order chi connectivity index (χ0) is 20.9. The maximum Gasteiger partial charge on any atom is 0.262 e. The van der Waals surface area contributed by atoms with E-state index in [0.29, 0.717) is 5.75 Å². The Hall–Kier alpha value is -3.52. The molecule has 0 heterocycles. The Kier molecular flexibility index (Phi) is 6.04. The van der Waals surface area contributed by atoms with Crippen molar-refractivity contribution in [3.63, 3.8) is 0 Å². The number of para-hydroxylation sites is 2. The summed E-state index contributed by atoms with van der Waals surface area (Å²) in [5.41, 5.74) is 0.872. The fraction of sp³-hybridized carbons (Fsp3) is 0.0952. The number of ether oxygens (including phenoxy) is 1. The molecule has 0 radical (unpaired) electrons. The molecule has 3 aromatic carbocycles. The van der Waals surface area contributed by atoms with E-state index in [0.717, 1.165) is 5.56 Å². The minimum absolute atomic E-state index is 0.00364. The molecule has 8 heteroatoms. The molecule has 150 valence electrons. The monoisotopic (exact) mass is 412 g/mol. The molecule has 1 amide bonds. The Morgan fingerprint density at radius 3 is 2.31 bits per heavy atom. The van der Waals surface area contributed by atoms with Crippen molar-refractivity contribution < 1.29 is 23.1 Å². The van der Waals surface area contributed by atoms with Crippen LogP contribution in [0.5, 0.6) is 11.5 Å². The van der Waals surface area contributed by atoms with Gasteiger partial charge in [-0.3, -0.25) is 9.52 Å². The second-order valence-corrected chi connectivity index (χ2v) is 7.80. The summed E-state index contributed by atoms with van der Waals surface area (Å²) in [6.07, 6.45) is 0. The van der Waals surface area contributed by atoms with Gasteiger partial charge in [0, 0.05) is 6.54 Å². The lowest BCUT2D eigenvalue weighted by Crippen LogP contribution is -2.26. The van der Waals surface area contributed by atoms with E-state index in [4.69, 9.17) is 4.74 Å². The number of aromatic hydroxyl groups is 1. The Labute approximate surface area is 169 Å². The van der Waals surface area contributed by atoms with Crippen molar-refractivity contribution in [1.82, 2.24) is 5.32 Å². The Balaban J connectivity index is 1.80. The lowest BCUT2D eigenvalue weighted by atomic mass is 10.2. The summed E-state index contributed by atoms with van der Waals surface area (Å²) >= 11 is 0. The van der Waals surface area contributed by atoms with Gasteiger partial charge >= 0.3 is 0 Å². The molecular formula is C21H20N2O5S. The lowest BCUT2D eigenvalue weighted by molar-refractivity contribution is 0.0947. The van der Waals surface area contributed by atoms with Gasteiger partial charge in [0.05, 0.1) is 18.4 Å². The number of nitrogens with one attached hydrogen (secondary N) is 2. The van der Waals surface area contributed by atoms with Crippen LogP contribution in [-0.2, 0) is 16.6 Å². The molecule has 0 bridgehead atoms. The average Bonchev–Trinajstić information content (AvgIpc) is 2.74. The number of rotatable bonds is 7. The minimum Gasteiger partial charge on any atom is -0.506 e. The van der Waals surface area contributed by atoms with Crippen molar-refractivity contribution in [3.8, 4) is 11.5 Å². The molecule has 0 saturated carbocycles. The van der Waals surface area contributed by atoms with Crippen LogP contribution in [0.25, 0.3) is 0 Å². The molecule has 3 aromatic rings. The number of carbonyl (C=O) groups excluding carboxylic acids is 1. The van der Waals surface area contributed by atoms with Crippen LogP contribution in [0.4, 0.5) is 5.69 Å². The van der Waals surface area contributed by atoms with Gasteiger partial charge in [-0.05, 0) is 42.0 Å². The standard InChI is InChI=1S/C21H20N2O5S/c1-28-16-12-10-15(11-13-16)14-22-21(25)17-6-2-5-9-20(17)29(26,27)23-18-7-3-4-8-19(18)24/h2-13,23-24H,14H2,1H3,(H,22,25). The maximum atomic E-state index is 12.8. The molecule has 0 fully saturated rings. The third kappa shape index (κ3) is 4.85. The maximum absolute atomic E-state index is 12.8. The highest BCUT2D eigenvalue weighted by Gasteiger charge is 2.23. The van der Waals surface area contributed by atoms with Gasteiger partial charge in [0.25, 0.3) is 15.9 Å². The third-order valence-corrected chi connectivity index (χ3v) is 5.61. The predicted molar refractivity (Wildman–Crippen MR) is 110 cm³/mol. The van der Waals surface area contributed by atoms with Gasteiger partial charge in [-0.1, -0.05) is 36.4 Å². The average molecular weight is 412 g/mol. The quantitative estimate of drug-likeness (QED) is 0.517. The van der Waals surface area contributed by atoms with E-state index in [1.165, 1.54) is 30.3 Å². The summed E-state index contributed by atoms with van der Waals surface area (Å²) in [5, 5.41) is 12.6. The minimum atomic E-state index is -4.09. The second kappa shape index (κ2) is 8.66. The molecule has 7 nitrogen and oxygen atoms in total. The van der Waals surface area contributed by atoms with Gasteiger partial charge < -0.3 is 15.2 Å². The smallest absolute Gasteiger partial charge is 0.262 e. The van der Waals surface area contributed by atoms with E-state index in [1.54, 1.807) is 37.4 Å². The summed E-state index contributed by atoms with van der Waals surface area (Å²) in [4.78, 5) is 12.5. The van der Waals surface area contributed by atoms with Gasteiger partial charge in [-0.2, -0.15) is 0 Å². The zero-order valence-corrected chi connectivity index (χ0v) is 16.4. The fourth-order valence-electron chi connectivity index (χ4n) is 2.67. The number of amides is 1. The molecule has 0 aromatic heterocycles. The van der Waals surface area contributed by atoms with Crippen molar-refractivity contribution in [2.75, 3.05) is 11.8 Å². The van der Waals surface area contributed by atoms with E-state index in [-0.39, 0.29) is 28.4 Å². The van der Waals surface area contributed by atoms with Crippen LogP contribution in [0.2, 0.25) is 0 Å². The van der Waals surface area contributed by atoms with E-state index in [9.17, 15) is 18.3 Å². The van der Waals surface area contributed by atoms with Crippen molar-refractivity contribution in [2.24, 2.45) is 0 Å². The van der Waals surface area contributed by atoms with Crippen molar-refractivity contribution in [2.45, 2.75) is 11.4 Å². The van der Waals surface area contributed by atoms with Gasteiger partial charge in [0.2, 0.25) is 0 Å². The first kappa shape index (κ1) is 20.2. The summed E-state index contributed by atoms with van der Waals surface area (Å²) in [6.45, 7) is 0.226. The number of carbonyl (C=O) groups is 1. The van der Waals surface area contributed by atoms with Gasteiger partial charge in [-0.25, -0.2) is 8.42 Å². The van der Waals surface area contributed by atoms with E-state index in [2.05, 4.69) is 10.0 Å². The van der Waals surface area contributed by atoms with Crippen LogP contribution in [-0.4, -0.2) is 26.5 Å². The Morgan fingerprint density at radius 2 is 1.62 bits per heavy atom. The molecule has 0 spiro atoms. The van der Waals surface area contributed by atoms with Crippen molar-refractivity contribution in [1.29, 1.82) is 0 Å². The third-order valence-electron chi connectivity index (χ3n) is 4.18. The number of hydrogen-bond donors (Lipinski definition) is 3. The molecule has 0 saturated heterocycles. The first-order chi connectivity index (χ1) is 13.9. The van der Waals surface area contributed by atoms with Crippen LogP contribution in [0.15, 0.2) is 77.7 Å². The fourth-order valence-corrected chi connectivity index (χ4v) is 3.95. The predicted octanol–water partition coefficient (Wildman–Crippen LogP) is 3.13. The van der Waals surface area contributed by atoms with E-state index < -0.39 is 15.9 Å². The largest absolute Gasteiger partial charge is 0.506 e. The van der Waals surface area contributed by atoms with Gasteiger partial charge in [0.15, 0.2) is 0 Å². The molecule has 0 aliphatic rings. The molecule has 3 rings (SSSR count). The highest BCUT2D eigenvalue weighted by Crippen LogP contribution is 2.26. The summed E-state index contributed by atoms with van der Waals surface area (Å²) in [7, 11) is -2.52. The topological polar surface area (TPSA) is 105 Å². The number of sulfonamides is 1. The zero-order valence-electron chi connectivity index (χ0n) is 15.6. The SMILES string of the molecule is COc1ccc(CNC(=O)c2ccccc2S(=O)(=O)Nc2ccccc2O)cc1. The first-order valence-electron chi connectivity index (χ1n) is 8.71. The van der Waals surface area contributed by atoms with Gasteiger partial charge in [-0.15, -0.1) is 0 Å². The van der Waals surface area contributed by atoms with Crippen LogP contribution in [0.3, 0.4) is 0 Å². The number of phenolic OH excluding ortho intramolecular Hbond substituents is 1. The van der Waals surface area contributed by atoms with Crippen molar-refractivity contribution in [3.05, 3.63) is 83.9 Å². The molecule has 0 aliphatic carbocycles. The molecule has 3 N–H and O–H groups in total. The Morgan fingerprint density at radius 1 is 0.966 bits per heavy atom. The molecule has 0 atom stereocenters. The molecule has 0 aliphatic heterocycles. The number of methoxy groups -OCH3 is 1. The number of benzene rings is 3. The molecular weight excluding hydrogens is 392 g/mol. The lowest BCUT2D eigenvalue weighted by Gasteiger charge is -2.13. The molecule has 0 unspecified atom stereocenters. The van der Waals surface area contributed by atoms with Crippen LogP contribution < -0.4 is 14.8 Å². The van der Waals surface area contributed by atoms with E-state index in [1.807, 2.05) is 12.1 Å². The summed E-state index contributed by atoms with van der Waals surface area (Å²) in [5.74, 6) is -0.0386. The highest BCUT2D eigenvalue weighted by molar-refractivity contribution is 7.92. The van der Waals surface area contributed by atoms with Gasteiger partial charge in [0.1, 0.15) is 16.4 Å². The van der Waals surface area contributed by atoms with Crippen LogP contribution in [0.1, 0.15) is 15.9 Å². The van der Waals surface area contributed by atoms with Crippen LogP contribution in [0, 0.1) is 0 Å². The Bertz CT molecular complexity index is 1110. The number of anilines is 1. The number of phenols is 1. The second-order valence-electron chi connectivity index (χ2n) is 6.15. The normalized spacial score (nSPS) is 10.9. The first-order valence-corrected chi connectivity index (χ1v) is 10.2.